The van der Waals surface area contributed by atoms with Crippen LogP contribution in [0, 0.1) is 0 Å². The molecule has 0 rings (SSSR count). The first-order valence-electron chi connectivity index (χ1n) is 1.19. The molecule has 0 aromatic carbocycles. The average molecular weight is 132 g/mol. The number of hydrogen-bond acceptors (Lipinski definition) is 1. The molecule has 1 atom stereocenters. The van der Waals surface area contributed by atoms with Gasteiger partial charge in [0.2, 0.25) is 0 Å². The van der Waals surface area contributed by atoms with Crippen molar-refractivity contribution >= 4 is 66.6 Å². The first kappa shape index (κ1) is 10.5. The quantitative estimate of drug-likeness (QED) is 0.378. The zero-order valence-electron chi connectivity index (χ0n) is 2.64. The second-order valence-corrected chi connectivity index (χ2v) is 1.01. The Morgan fingerprint density at radius 3 is 2.00 bits per heavy atom. The maximum absolute atomic E-state index is 9.35. The first-order valence-corrected chi connectivity index (χ1v) is 2.01. The molecule has 0 saturated carbocycles. The second kappa shape index (κ2) is 6.54. The Morgan fingerprint density at radius 2 is 2.00 bits per heavy atom. The van der Waals surface area contributed by atoms with Crippen molar-refractivity contribution in [3.63, 3.8) is 0 Å². The SMILES string of the molecule is O=C(O)CP.[KH]. The predicted octanol–water partition coefficient (Wildman–Crippen LogP) is -0.702. The molecule has 0 aliphatic rings. The Labute approximate surface area is 81.3 Å². The summed E-state index contributed by atoms with van der Waals surface area (Å²) < 4.78 is 0. The van der Waals surface area contributed by atoms with Crippen molar-refractivity contribution in [3.8, 4) is 0 Å². The molecule has 0 amide bonds. The molecule has 6 heavy (non-hydrogen) atoms. The fourth-order valence-electron chi connectivity index (χ4n) is 0. The summed E-state index contributed by atoms with van der Waals surface area (Å²) in [7, 11) is 2.09. The Bertz CT molecular complexity index is 46.8. The molecule has 4 heteroatoms. The molecule has 0 heterocycles. The normalized spacial score (nSPS) is 6.17. The summed E-state index contributed by atoms with van der Waals surface area (Å²) in [5, 5.41) is 7.70. The van der Waals surface area contributed by atoms with Gasteiger partial charge in [-0.15, -0.1) is 9.24 Å². The van der Waals surface area contributed by atoms with Crippen LogP contribution in [0.15, 0.2) is 0 Å². The van der Waals surface area contributed by atoms with Crippen molar-refractivity contribution < 1.29 is 9.90 Å². The Morgan fingerprint density at radius 1 is 1.83 bits per heavy atom. The molecule has 0 aliphatic carbocycles. The van der Waals surface area contributed by atoms with Crippen molar-refractivity contribution in [1.82, 2.24) is 0 Å². The van der Waals surface area contributed by atoms with Gasteiger partial charge >= 0.3 is 57.4 Å². The number of hydrogen-bond donors (Lipinski definition) is 1. The van der Waals surface area contributed by atoms with Gasteiger partial charge in [0.05, 0.1) is 6.16 Å². The third kappa shape index (κ3) is 9.11. The van der Waals surface area contributed by atoms with Crippen LogP contribution in [0.5, 0.6) is 0 Å². The molecular weight excluding hydrogens is 126 g/mol. The molecule has 1 N–H and O–H groups in total. The molecule has 0 aromatic heterocycles. The van der Waals surface area contributed by atoms with Crippen LogP contribution in [0.2, 0.25) is 0 Å². The summed E-state index contributed by atoms with van der Waals surface area (Å²) in [6.45, 7) is 0. The van der Waals surface area contributed by atoms with Crippen LogP contribution in [0.3, 0.4) is 0 Å². The summed E-state index contributed by atoms with van der Waals surface area (Å²) in [4.78, 5) is 9.35. The van der Waals surface area contributed by atoms with Gasteiger partial charge in [-0.1, -0.05) is 0 Å². The Balaban J connectivity index is 0. The summed E-state index contributed by atoms with van der Waals surface area (Å²) in [6.07, 6.45) is 0.139. The molecular formula is C2H6KO2P. The summed E-state index contributed by atoms with van der Waals surface area (Å²) in [6, 6.07) is 0. The maximum atomic E-state index is 9.35. The van der Waals surface area contributed by atoms with Crippen LogP contribution in [0.1, 0.15) is 0 Å². The topological polar surface area (TPSA) is 37.3 Å². The van der Waals surface area contributed by atoms with Crippen LogP contribution < -0.4 is 0 Å². The van der Waals surface area contributed by atoms with Gasteiger partial charge < -0.3 is 5.11 Å². The van der Waals surface area contributed by atoms with Crippen molar-refractivity contribution in [1.29, 1.82) is 0 Å². The summed E-state index contributed by atoms with van der Waals surface area (Å²) >= 11 is 0. The van der Waals surface area contributed by atoms with E-state index in [1.54, 1.807) is 0 Å². The van der Waals surface area contributed by atoms with Crippen LogP contribution in [-0.2, 0) is 4.79 Å². The zero-order chi connectivity index (χ0) is 4.28. The van der Waals surface area contributed by atoms with E-state index in [2.05, 4.69) is 9.24 Å². The van der Waals surface area contributed by atoms with Crippen LogP contribution in [-0.4, -0.2) is 68.6 Å². The van der Waals surface area contributed by atoms with E-state index in [1.807, 2.05) is 0 Å². The molecule has 0 fully saturated rings. The van der Waals surface area contributed by atoms with Gasteiger partial charge in [0.15, 0.2) is 0 Å². The minimum atomic E-state index is -0.782. The Hall–Kier alpha value is 1.54. The molecule has 1 unspecified atom stereocenters. The molecule has 32 valence electrons. The number of aliphatic carboxylic acids is 1. The second-order valence-electron chi connectivity index (χ2n) is 0.598. The van der Waals surface area contributed by atoms with Crippen LogP contribution in [0.4, 0.5) is 0 Å². The number of rotatable bonds is 1. The molecule has 0 radical (unpaired) electrons. The van der Waals surface area contributed by atoms with Gasteiger partial charge in [-0.2, -0.15) is 0 Å². The molecule has 0 bridgehead atoms. The Kier molecular flexibility index (Phi) is 11.4. The third-order valence-corrected chi connectivity index (χ3v) is 0.524. The van der Waals surface area contributed by atoms with Crippen molar-refractivity contribution in [2.75, 3.05) is 6.16 Å². The fourth-order valence-corrected chi connectivity index (χ4v) is 0. The van der Waals surface area contributed by atoms with Crippen LogP contribution in [0.25, 0.3) is 0 Å². The number of carbonyl (C=O) groups is 1. The predicted molar refractivity (Wildman–Crippen MR) is 29.4 cm³/mol. The molecule has 0 saturated heterocycles. The third-order valence-electron chi connectivity index (χ3n) is 0.175. The van der Waals surface area contributed by atoms with E-state index in [1.165, 1.54) is 0 Å². The fraction of sp³-hybridized carbons (Fsp3) is 0.500. The summed E-state index contributed by atoms with van der Waals surface area (Å²) in [5.41, 5.74) is 0. The summed E-state index contributed by atoms with van der Waals surface area (Å²) in [5.74, 6) is -0.782. The van der Waals surface area contributed by atoms with E-state index < -0.39 is 5.97 Å². The minimum absolute atomic E-state index is 0. The van der Waals surface area contributed by atoms with E-state index in [0.717, 1.165) is 0 Å². The van der Waals surface area contributed by atoms with E-state index in [4.69, 9.17) is 5.11 Å². The van der Waals surface area contributed by atoms with Crippen molar-refractivity contribution in [2.45, 2.75) is 0 Å². The van der Waals surface area contributed by atoms with Gasteiger partial charge in [-0.25, -0.2) is 0 Å². The standard InChI is InChI=1S/C2H5O2P.K.H/c3-2(4)1-5;;/h1,5H2,(H,3,4);;. The van der Waals surface area contributed by atoms with Crippen LogP contribution >= 0.6 is 9.24 Å². The van der Waals surface area contributed by atoms with E-state index in [0.29, 0.717) is 0 Å². The zero-order valence-corrected chi connectivity index (χ0v) is 3.79. The average Bonchev–Trinajstić information content (AvgIpc) is 1.38. The van der Waals surface area contributed by atoms with Gasteiger partial charge in [-0.3, -0.25) is 4.79 Å². The van der Waals surface area contributed by atoms with E-state index >= 15 is 0 Å². The van der Waals surface area contributed by atoms with Gasteiger partial charge in [0.1, 0.15) is 0 Å². The number of carboxylic acid groups (broad SMARTS) is 1. The molecule has 0 aromatic rings. The molecule has 0 aliphatic heterocycles. The van der Waals surface area contributed by atoms with Gasteiger partial charge in [-0.05, 0) is 0 Å². The van der Waals surface area contributed by atoms with E-state index in [9.17, 15) is 4.79 Å². The van der Waals surface area contributed by atoms with Crippen molar-refractivity contribution in [3.05, 3.63) is 0 Å². The number of carboxylic acids is 1. The molecule has 0 spiro atoms. The van der Waals surface area contributed by atoms with E-state index in [-0.39, 0.29) is 57.5 Å². The first-order chi connectivity index (χ1) is 2.27. The van der Waals surface area contributed by atoms with Gasteiger partial charge in [0.25, 0.3) is 0 Å². The van der Waals surface area contributed by atoms with Gasteiger partial charge in [0, 0.05) is 0 Å². The molecule has 2 nitrogen and oxygen atoms in total. The monoisotopic (exact) mass is 132 g/mol. The van der Waals surface area contributed by atoms with Crippen molar-refractivity contribution in [2.24, 2.45) is 0 Å².